The molecule has 164 valence electrons. The largest absolute Gasteiger partial charge is 0.322 e. The van der Waals surface area contributed by atoms with Gasteiger partial charge in [-0.2, -0.15) is 0 Å². The summed E-state index contributed by atoms with van der Waals surface area (Å²) in [5.41, 5.74) is 7.03. The van der Waals surface area contributed by atoms with Crippen LogP contribution in [-0.2, 0) is 4.79 Å². The summed E-state index contributed by atoms with van der Waals surface area (Å²) in [6.45, 7) is 5.44. The van der Waals surface area contributed by atoms with Crippen LogP contribution in [0.4, 0.5) is 11.5 Å². The fraction of sp³-hybridized carbons (Fsp3) is 0.111. The average molecular weight is 437 g/mol. The van der Waals surface area contributed by atoms with Crippen LogP contribution in [0.15, 0.2) is 79.1 Å². The number of aromatic nitrogens is 2. The molecular weight excluding hydrogens is 412 g/mol. The van der Waals surface area contributed by atoms with Crippen molar-refractivity contribution < 1.29 is 9.59 Å². The van der Waals surface area contributed by atoms with Crippen LogP contribution < -0.4 is 10.6 Å². The van der Waals surface area contributed by atoms with Crippen molar-refractivity contribution in [3.8, 4) is 22.4 Å². The first-order valence-electron chi connectivity index (χ1n) is 10.6. The summed E-state index contributed by atoms with van der Waals surface area (Å²) in [7, 11) is 0. The first kappa shape index (κ1) is 21.9. The molecule has 6 nitrogen and oxygen atoms in total. The number of anilines is 2. The van der Waals surface area contributed by atoms with Crippen LogP contribution >= 0.6 is 0 Å². The highest BCUT2D eigenvalue weighted by Gasteiger charge is 2.10. The number of hydrogen-bond acceptors (Lipinski definition) is 4. The summed E-state index contributed by atoms with van der Waals surface area (Å²) in [6, 6.07) is 20.9. The molecule has 0 aliphatic carbocycles. The minimum atomic E-state index is -0.179. The molecule has 6 heteroatoms. The minimum absolute atomic E-state index is 0.147. The zero-order valence-electron chi connectivity index (χ0n) is 18.7. The Balaban J connectivity index is 1.63. The quantitative estimate of drug-likeness (QED) is 0.424. The molecule has 33 heavy (non-hydrogen) atoms. The van der Waals surface area contributed by atoms with Crippen LogP contribution in [0, 0.1) is 13.8 Å². The number of nitrogens with one attached hydrogen (secondary N) is 2. The normalized spacial score (nSPS) is 10.5. The van der Waals surface area contributed by atoms with Gasteiger partial charge in [-0.15, -0.1) is 0 Å². The first-order valence-corrected chi connectivity index (χ1v) is 10.6. The molecule has 2 N–H and O–H groups in total. The summed E-state index contributed by atoms with van der Waals surface area (Å²) in [5.74, 6) is 0.150. The highest BCUT2D eigenvalue weighted by atomic mass is 16.2. The van der Waals surface area contributed by atoms with Crippen LogP contribution in [0.25, 0.3) is 22.4 Å². The van der Waals surface area contributed by atoms with Crippen LogP contribution in [0.2, 0.25) is 0 Å². The van der Waals surface area contributed by atoms with Gasteiger partial charge in [0.15, 0.2) is 0 Å². The topological polar surface area (TPSA) is 84.0 Å². The SMILES string of the molecule is CC(=O)Nc1cc(-c2cc(-c3cc(NC(=O)c4cccc(C)c4)ccc3C)ccn2)ccn1. The summed E-state index contributed by atoms with van der Waals surface area (Å²) < 4.78 is 0. The van der Waals surface area contributed by atoms with Crippen LogP contribution in [-0.4, -0.2) is 21.8 Å². The average Bonchev–Trinajstić information content (AvgIpc) is 2.80. The second-order valence-electron chi connectivity index (χ2n) is 7.89. The Morgan fingerprint density at radius 1 is 0.788 bits per heavy atom. The lowest BCUT2D eigenvalue weighted by atomic mass is 9.99. The zero-order valence-corrected chi connectivity index (χ0v) is 18.7. The molecule has 4 rings (SSSR count). The Hall–Kier alpha value is -4.32. The number of benzene rings is 2. The number of carbonyl (C=O) groups is 2. The van der Waals surface area contributed by atoms with Crippen LogP contribution in [0.1, 0.15) is 28.4 Å². The van der Waals surface area contributed by atoms with Crippen LogP contribution in [0.5, 0.6) is 0 Å². The van der Waals surface area contributed by atoms with Gasteiger partial charge in [0.2, 0.25) is 5.91 Å². The van der Waals surface area contributed by atoms with E-state index in [0.717, 1.165) is 39.2 Å². The summed E-state index contributed by atoms with van der Waals surface area (Å²) in [4.78, 5) is 32.7. The maximum Gasteiger partial charge on any atom is 0.255 e. The van der Waals surface area contributed by atoms with Crippen molar-refractivity contribution in [1.82, 2.24) is 9.97 Å². The lowest BCUT2D eigenvalue weighted by Gasteiger charge is -2.12. The predicted octanol–water partition coefficient (Wildman–Crippen LogP) is 5.64. The molecular formula is C27H24N4O2. The Labute approximate surface area is 192 Å². The Morgan fingerprint density at radius 2 is 1.58 bits per heavy atom. The highest BCUT2D eigenvalue weighted by Crippen LogP contribution is 2.30. The molecule has 0 bridgehead atoms. The lowest BCUT2D eigenvalue weighted by Crippen LogP contribution is -2.12. The summed E-state index contributed by atoms with van der Waals surface area (Å²) in [5, 5.41) is 5.69. The van der Waals surface area contributed by atoms with Gasteiger partial charge >= 0.3 is 0 Å². The molecule has 0 spiro atoms. The van der Waals surface area contributed by atoms with E-state index >= 15 is 0 Å². The number of hydrogen-bond donors (Lipinski definition) is 2. The Kier molecular flexibility index (Phi) is 6.26. The number of pyridine rings is 2. The fourth-order valence-corrected chi connectivity index (χ4v) is 3.59. The molecule has 0 saturated heterocycles. The number of rotatable bonds is 5. The summed E-state index contributed by atoms with van der Waals surface area (Å²) >= 11 is 0. The zero-order chi connectivity index (χ0) is 23.4. The van der Waals surface area contributed by atoms with E-state index in [1.807, 2.05) is 68.4 Å². The molecule has 4 aromatic rings. The second-order valence-corrected chi connectivity index (χ2v) is 7.89. The Bertz CT molecular complexity index is 1350. The molecule has 2 heterocycles. The molecule has 2 amide bonds. The van der Waals surface area contributed by atoms with Crippen molar-refractivity contribution in [2.45, 2.75) is 20.8 Å². The third-order valence-electron chi connectivity index (χ3n) is 5.21. The van der Waals surface area contributed by atoms with E-state index in [0.29, 0.717) is 11.4 Å². The van der Waals surface area contributed by atoms with Gasteiger partial charge in [-0.05, 0) is 79.1 Å². The van der Waals surface area contributed by atoms with Crippen molar-refractivity contribution in [1.29, 1.82) is 0 Å². The van der Waals surface area contributed by atoms with Gasteiger partial charge < -0.3 is 10.6 Å². The van der Waals surface area contributed by atoms with E-state index in [1.54, 1.807) is 24.5 Å². The van der Waals surface area contributed by atoms with E-state index in [2.05, 4.69) is 20.6 Å². The lowest BCUT2D eigenvalue weighted by molar-refractivity contribution is -0.114. The highest BCUT2D eigenvalue weighted by molar-refractivity contribution is 6.04. The standard InChI is InChI=1S/C27H24N4O2/c1-17-5-4-6-22(13-17)27(33)31-23-8-7-18(2)24(16-23)20-9-11-28-25(14-20)21-10-12-29-26(15-21)30-19(3)32/h4-16H,1-3H3,(H,31,33)(H,29,30,32). The van der Waals surface area contributed by atoms with Gasteiger partial charge in [-0.1, -0.05) is 23.8 Å². The minimum Gasteiger partial charge on any atom is -0.322 e. The number of aryl methyl sites for hydroxylation is 2. The van der Waals surface area contributed by atoms with Gasteiger partial charge in [0.25, 0.3) is 5.91 Å². The van der Waals surface area contributed by atoms with Crippen molar-refractivity contribution in [2.75, 3.05) is 10.6 Å². The summed E-state index contributed by atoms with van der Waals surface area (Å²) in [6.07, 6.45) is 3.39. The van der Waals surface area contributed by atoms with Crippen molar-refractivity contribution in [3.05, 3.63) is 95.8 Å². The van der Waals surface area contributed by atoms with Crippen molar-refractivity contribution in [2.24, 2.45) is 0 Å². The third kappa shape index (κ3) is 5.30. The first-order chi connectivity index (χ1) is 15.9. The fourth-order valence-electron chi connectivity index (χ4n) is 3.59. The monoisotopic (exact) mass is 436 g/mol. The molecule has 0 saturated carbocycles. The van der Waals surface area contributed by atoms with E-state index < -0.39 is 0 Å². The molecule has 0 aliphatic heterocycles. The molecule has 0 aliphatic rings. The van der Waals surface area contributed by atoms with Crippen LogP contribution in [0.3, 0.4) is 0 Å². The molecule has 0 fully saturated rings. The third-order valence-corrected chi connectivity index (χ3v) is 5.21. The van der Waals surface area contributed by atoms with Crippen molar-refractivity contribution >= 4 is 23.3 Å². The number of nitrogens with zero attached hydrogens (tertiary/aromatic N) is 2. The van der Waals surface area contributed by atoms with Gasteiger partial charge in [-0.3, -0.25) is 14.6 Å². The molecule has 2 aromatic heterocycles. The second kappa shape index (κ2) is 9.44. The van der Waals surface area contributed by atoms with E-state index in [-0.39, 0.29) is 11.8 Å². The van der Waals surface area contributed by atoms with Crippen molar-refractivity contribution in [3.63, 3.8) is 0 Å². The Morgan fingerprint density at radius 3 is 2.36 bits per heavy atom. The molecule has 0 radical (unpaired) electrons. The van der Waals surface area contributed by atoms with Gasteiger partial charge in [-0.25, -0.2) is 4.98 Å². The predicted molar refractivity (Wildman–Crippen MR) is 131 cm³/mol. The van der Waals surface area contributed by atoms with Gasteiger partial charge in [0.05, 0.1) is 5.69 Å². The smallest absolute Gasteiger partial charge is 0.255 e. The molecule has 2 aromatic carbocycles. The maximum absolute atomic E-state index is 12.7. The van der Waals surface area contributed by atoms with Gasteiger partial charge in [0.1, 0.15) is 5.82 Å². The molecule has 0 atom stereocenters. The molecule has 0 unspecified atom stereocenters. The van der Waals surface area contributed by atoms with E-state index in [4.69, 9.17) is 0 Å². The number of amides is 2. The number of carbonyl (C=O) groups excluding carboxylic acids is 2. The van der Waals surface area contributed by atoms with E-state index in [1.165, 1.54) is 6.92 Å². The van der Waals surface area contributed by atoms with E-state index in [9.17, 15) is 9.59 Å². The van der Waals surface area contributed by atoms with Gasteiger partial charge in [0, 0.05) is 36.1 Å². The maximum atomic E-state index is 12.7.